The minimum absolute atomic E-state index is 0. The normalized spacial score (nSPS) is 12.5. The van der Waals surface area contributed by atoms with Gasteiger partial charge in [0, 0.05) is 15.6 Å². The maximum absolute atomic E-state index is 5.89. The number of aryl methyl sites for hydroxylation is 1. The molecule has 0 spiro atoms. The van der Waals surface area contributed by atoms with Gasteiger partial charge in [0.15, 0.2) is 0 Å². The molecule has 0 radical (unpaired) electrons. The van der Waals surface area contributed by atoms with Crippen molar-refractivity contribution in [2.24, 2.45) is 5.73 Å². The van der Waals surface area contributed by atoms with Crippen LogP contribution in [0.1, 0.15) is 23.4 Å². The van der Waals surface area contributed by atoms with Crippen LogP contribution in [0.4, 0.5) is 0 Å². The Bertz CT molecular complexity index is 434. The lowest BCUT2D eigenvalue weighted by atomic mass is 10.1. The van der Waals surface area contributed by atoms with E-state index in [1.807, 2.05) is 6.92 Å². The van der Waals surface area contributed by atoms with Crippen molar-refractivity contribution in [3.8, 4) is 0 Å². The third kappa shape index (κ3) is 1.78. The molecule has 3 heteroatoms. The first-order chi connectivity index (χ1) is 6.20. The van der Waals surface area contributed by atoms with E-state index in [4.69, 9.17) is 5.73 Å². The van der Waals surface area contributed by atoms with Gasteiger partial charge in [0.2, 0.25) is 0 Å². The van der Waals surface area contributed by atoms with Crippen molar-refractivity contribution in [3.05, 3.63) is 34.7 Å². The highest BCUT2D eigenvalue weighted by molar-refractivity contribution is 7.19. The molecule has 1 aromatic heterocycles. The van der Waals surface area contributed by atoms with Crippen LogP contribution in [0.3, 0.4) is 0 Å². The second kappa shape index (κ2) is 4.30. The highest BCUT2D eigenvalue weighted by Gasteiger charge is 2.10. The van der Waals surface area contributed by atoms with E-state index in [1.165, 1.54) is 20.5 Å². The van der Waals surface area contributed by atoms with Crippen LogP contribution in [0, 0.1) is 6.92 Å². The molecule has 0 amide bonds. The van der Waals surface area contributed by atoms with Crippen LogP contribution in [0.25, 0.3) is 10.1 Å². The van der Waals surface area contributed by atoms with Crippen LogP contribution in [0.15, 0.2) is 24.3 Å². The molecule has 76 valence electrons. The number of halogens is 1. The third-order valence-electron chi connectivity index (χ3n) is 2.29. The van der Waals surface area contributed by atoms with Gasteiger partial charge < -0.3 is 5.73 Å². The molecular weight excluding hydrogens is 214 g/mol. The Morgan fingerprint density at radius 2 is 1.93 bits per heavy atom. The van der Waals surface area contributed by atoms with E-state index in [2.05, 4.69) is 31.2 Å². The van der Waals surface area contributed by atoms with E-state index in [0.717, 1.165) is 0 Å². The average Bonchev–Trinajstić information content (AvgIpc) is 2.45. The van der Waals surface area contributed by atoms with Crippen LogP contribution in [-0.4, -0.2) is 0 Å². The molecule has 0 aliphatic heterocycles. The van der Waals surface area contributed by atoms with Gasteiger partial charge in [0.05, 0.1) is 0 Å². The number of hydrogen-bond donors (Lipinski definition) is 1. The topological polar surface area (TPSA) is 26.0 Å². The molecule has 1 heterocycles. The number of rotatable bonds is 1. The summed E-state index contributed by atoms with van der Waals surface area (Å²) in [6.07, 6.45) is 0. The minimum atomic E-state index is 0. The van der Waals surface area contributed by atoms with Gasteiger partial charge in [0.25, 0.3) is 0 Å². The molecule has 0 aliphatic rings. The fraction of sp³-hybridized carbons (Fsp3) is 0.273. The number of hydrogen-bond acceptors (Lipinski definition) is 2. The number of fused-ring (bicyclic) bond motifs is 1. The highest BCUT2D eigenvalue weighted by atomic mass is 35.5. The van der Waals surface area contributed by atoms with Gasteiger partial charge in [-0.25, -0.2) is 0 Å². The van der Waals surface area contributed by atoms with Gasteiger partial charge in [-0.05, 0) is 30.9 Å². The number of benzene rings is 1. The van der Waals surface area contributed by atoms with Gasteiger partial charge in [-0.15, -0.1) is 23.7 Å². The molecule has 2 N–H and O–H groups in total. The molecule has 2 aromatic rings. The molecular formula is C11H14ClNS. The van der Waals surface area contributed by atoms with Crippen LogP contribution < -0.4 is 5.73 Å². The molecule has 0 bridgehead atoms. The molecule has 1 atom stereocenters. The van der Waals surface area contributed by atoms with Crippen molar-refractivity contribution < 1.29 is 0 Å². The summed E-state index contributed by atoms with van der Waals surface area (Å²) >= 11 is 1.81. The molecule has 2 rings (SSSR count). The van der Waals surface area contributed by atoms with Crippen LogP contribution >= 0.6 is 23.7 Å². The van der Waals surface area contributed by atoms with Crippen molar-refractivity contribution in [2.75, 3.05) is 0 Å². The summed E-state index contributed by atoms with van der Waals surface area (Å²) in [6, 6.07) is 8.61. The zero-order valence-corrected chi connectivity index (χ0v) is 9.91. The van der Waals surface area contributed by atoms with E-state index in [9.17, 15) is 0 Å². The van der Waals surface area contributed by atoms with E-state index in [-0.39, 0.29) is 18.4 Å². The van der Waals surface area contributed by atoms with Crippen LogP contribution in [0.5, 0.6) is 0 Å². The summed E-state index contributed by atoms with van der Waals surface area (Å²) in [5, 5.41) is 1.35. The smallest absolute Gasteiger partial charge is 0.0364 e. The first-order valence-electron chi connectivity index (χ1n) is 4.43. The van der Waals surface area contributed by atoms with Crippen molar-refractivity contribution >= 4 is 33.8 Å². The first-order valence-corrected chi connectivity index (χ1v) is 5.25. The average molecular weight is 228 g/mol. The maximum Gasteiger partial charge on any atom is 0.0364 e. The van der Waals surface area contributed by atoms with E-state index < -0.39 is 0 Å². The fourth-order valence-corrected chi connectivity index (χ4v) is 2.79. The molecule has 14 heavy (non-hydrogen) atoms. The highest BCUT2D eigenvalue weighted by Crippen LogP contribution is 2.33. The molecule has 0 saturated carbocycles. The van der Waals surface area contributed by atoms with Crippen molar-refractivity contribution in [3.63, 3.8) is 0 Å². The van der Waals surface area contributed by atoms with Crippen molar-refractivity contribution in [1.29, 1.82) is 0 Å². The van der Waals surface area contributed by atoms with Gasteiger partial charge in [0.1, 0.15) is 0 Å². The third-order valence-corrected chi connectivity index (χ3v) is 3.77. The van der Waals surface area contributed by atoms with Gasteiger partial charge in [-0.2, -0.15) is 0 Å². The summed E-state index contributed by atoms with van der Waals surface area (Å²) in [7, 11) is 0. The second-order valence-electron chi connectivity index (χ2n) is 3.38. The molecule has 1 unspecified atom stereocenters. The summed E-state index contributed by atoms with van der Waals surface area (Å²) in [4.78, 5) is 1.31. The summed E-state index contributed by atoms with van der Waals surface area (Å²) < 4.78 is 1.34. The summed E-state index contributed by atoms with van der Waals surface area (Å²) in [5.41, 5.74) is 7.23. The van der Waals surface area contributed by atoms with E-state index >= 15 is 0 Å². The Hall–Kier alpha value is -0.570. The molecule has 1 nitrogen and oxygen atoms in total. The Morgan fingerprint density at radius 3 is 2.50 bits per heavy atom. The zero-order valence-electron chi connectivity index (χ0n) is 8.28. The van der Waals surface area contributed by atoms with E-state index in [0.29, 0.717) is 0 Å². The quantitative estimate of drug-likeness (QED) is 0.791. The van der Waals surface area contributed by atoms with Crippen LogP contribution in [0.2, 0.25) is 0 Å². The zero-order chi connectivity index (χ0) is 9.42. The molecule has 0 aliphatic carbocycles. The monoisotopic (exact) mass is 227 g/mol. The Balaban J connectivity index is 0.000000980. The minimum Gasteiger partial charge on any atom is -0.323 e. The van der Waals surface area contributed by atoms with Gasteiger partial charge in [-0.3, -0.25) is 0 Å². The fourth-order valence-electron chi connectivity index (χ4n) is 1.63. The molecule has 1 aromatic carbocycles. The van der Waals surface area contributed by atoms with Crippen molar-refractivity contribution in [2.45, 2.75) is 19.9 Å². The first kappa shape index (κ1) is 11.5. The van der Waals surface area contributed by atoms with Gasteiger partial charge in [-0.1, -0.05) is 18.2 Å². The second-order valence-corrected chi connectivity index (χ2v) is 4.46. The lowest BCUT2D eigenvalue weighted by Gasteiger charge is -2.01. The molecule has 0 fully saturated rings. The predicted molar refractivity (Wildman–Crippen MR) is 66.4 cm³/mol. The van der Waals surface area contributed by atoms with Crippen molar-refractivity contribution in [1.82, 2.24) is 0 Å². The van der Waals surface area contributed by atoms with Crippen LogP contribution in [-0.2, 0) is 0 Å². The summed E-state index contributed by atoms with van der Waals surface area (Å²) in [6.45, 7) is 4.19. The van der Waals surface area contributed by atoms with E-state index in [1.54, 1.807) is 11.3 Å². The lowest BCUT2D eigenvalue weighted by Crippen LogP contribution is -2.03. The summed E-state index contributed by atoms with van der Waals surface area (Å²) in [5.74, 6) is 0. The number of thiophene rings is 1. The SMILES string of the molecule is Cc1c(C(C)N)sc2ccccc12.Cl. The van der Waals surface area contributed by atoms with Gasteiger partial charge >= 0.3 is 0 Å². The largest absolute Gasteiger partial charge is 0.323 e. The predicted octanol–water partition coefficient (Wildman–Crippen LogP) is 3.65. The number of nitrogens with two attached hydrogens (primary N) is 1. The Morgan fingerprint density at radius 1 is 1.29 bits per heavy atom. The maximum atomic E-state index is 5.89. The Labute approximate surface area is 94.3 Å². The molecule has 0 saturated heterocycles. The Kier molecular flexibility index (Phi) is 3.53. The lowest BCUT2D eigenvalue weighted by molar-refractivity contribution is 0.832. The standard InChI is InChI=1S/C11H13NS.ClH/c1-7-9-5-3-4-6-10(9)13-11(7)8(2)12;/h3-6,8H,12H2,1-2H3;1H.